The van der Waals surface area contributed by atoms with Gasteiger partial charge in [-0.15, -0.1) is 93.5 Å². The largest absolute Gasteiger partial charge is 1.00 e. The predicted molar refractivity (Wildman–Crippen MR) is 395 cm³/mol. The molecule has 0 fully saturated rings. The van der Waals surface area contributed by atoms with Crippen molar-refractivity contribution in [1.29, 1.82) is 0 Å². The van der Waals surface area contributed by atoms with Crippen molar-refractivity contribution < 1.29 is 89.5 Å². The Morgan fingerprint density at radius 1 is 0.217 bits per heavy atom. The van der Waals surface area contributed by atoms with Crippen LogP contribution in [0.2, 0.25) is 0 Å². The molecule has 2 aromatic heterocycles. The molecule has 0 amide bonds. The second-order valence-corrected chi connectivity index (χ2v) is 34.2. The van der Waals surface area contributed by atoms with Crippen LogP contribution in [0, 0.1) is 49.4 Å². The van der Waals surface area contributed by atoms with Crippen LogP contribution >= 0.6 is 54.4 Å². The van der Waals surface area contributed by atoms with Gasteiger partial charge in [0.25, 0.3) is 0 Å². The number of benzene rings is 12. The summed E-state index contributed by atoms with van der Waals surface area (Å²) in [5.41, 5.74) is 3.18. The second-order valence-electron chi connectivity index (χ2n) is 20.7. The Kier molecular flexibility index (Phi) is 30.1. The summed E-state index contributed by atoms with van der Waals surface area (Å²) in [6.07, 6.45) is 28.5. The maximum atomic E-state index is 7.14. The topological polar surface area (TPSA) is 0 Å². The first-order valence-electron chi connectivity index (χ1n) is 29.0. The standard InChI is InChI=1S/2C25H22P2.2C16H6S.4Au/c2*1-5-13-22(14-6-1)26(23-15-7-2-8-16-23)21-27(24-17-9-3-10-18-24)25-19-11-4-12-20-25;2*1-3-11-5-7-13-14-8-6-12(4-2)10-16(14)17-15(13)9-11;;;;/h2*1-20H,21H2;2*5-10H;;;;/q;;2*-2;4*+1/p+4. The van der Waals surface area contributed by atoms with Gasteiger partial charge in [0.1, 0.15) is 74.1 Å². The Bertz CT molecular complexity index is 3980. The van der Waals surface area contributed by atoms with E-state index < -0.39 is 31.7 Å². The first-order valence-corrected chi connectivity index (χ1v) is 37.4. The number of hydrogen-bond donors (Lipinski definition) is 0. The molecule has 0 spiro atoms. The average molecular weight is 2020 g/mol. The van der Waals surface area contributed by atoms with Crippen LogP contribution in [0.25, 0.3) is 40.3 Å². The van der Waals surface area contributed by atoms with Gasteiger partial charge in [-0.3, -0.25) is 23.7 Å². The van der Waals surface area contributed by atoms with Gasteiger partial charge in [0, 0.05) is 18.8 Å². The summed E-state index contributed by atoms with van der Waals surface area (Å²) in [4.78, 5) is 0. The van der Waals surface area contributed by atoms with E-state index in [1.54, 1.807) is 22.7 Å². The first kappa shape index (κ1) is 73.4. The van der Waals surface area contributed by atoms with E-state index in [0.29, 0.717) is 0 Å². The molecule has 460 valence electrons. The van der Waals surface area contributed by atoms with E-state index in [-0.39, 0.29) is 89.5 Å². The van der Waals surface area contributed by atoms with Crippen molar-refractivity contribution in [3.63, 3.8) is 0 Å². The van der Waals surface area contributed by atoms with Crippen LogP contribution in [0.5, 0.6) is 0 Å². The van der Waals surface area contributed by atoms with E-state index >= 15 is 0 Å². The third kappa shape index (κ3) is 19.1. The summed E-state index contributed by atoms with van der Waals surface area (Å²) in [5, 5.41) is 16.8. The maximum Gasteiger partial charge on any atom is 1.00 e. The number of fused-ring (bicyclic) bond motifs is 6. The van der Waals surface area contributed by atoms with Gasteiger partial charge in [0.2, 0.25) is 0 Å². The Morgan fingerprint density at radius 2 is 0.370 bits per heavy atom. The molecule has 0 aliphatic heterocycles. The summed E-state index contributed by atoms with van der Waals surface area (Å²) in [6, 6.07) is 113. The molecular weight excluding hydrogens is 1960 g/mol. The van der Waals surface area contributed by atoms with Gasteiger partial charge in [-0.1, -0.05) is 170 Å². The quantitative estimate of drug-likeness (QED) is 0.0495. The number of rotatable bonds is 12. The molecule has 0 radical (unpaired) electrons. The molecule has 0 bridgehead atoms. The molecule has 0 saturated heterocycles. The minimum atomic E-state index is -0.847. The van der Waals surface area contributed by atoms with Crippen LogP contribution in [0.4, 0.5) is 0 Å². The van der Waals surface area contributed by atoms with Crippen molar-refractivity contribution >= 4 is 137 Å². The van der Waals surface area contributed by atoms with Crippen molar-refractivity contribution in [2.24, 2.45) is 0 Å². The molecule has 12 aromatic carbocycles. The van der Waals surface area contributed by atoms with E-state index in [0.717, 1.165) is 41.1 Å². The van der Waals surface area contributed by atoms with Crippen molar-refractivity contribution in [3.8, 4) is 23.7 Å². The number of hydrogen-bond acceptors (Lipinski definition) is 2. The SMILES string of the molecule is [Au+].[Au+].[Au+].[Au+].[C-]#Cc1ccc2c(c1)sc1cc(C#[C-])ccc12.[C-]#Cc1ccc2c(c1)sc1cc(C#[C-])ccc12.c1ccc([PH+](C[PH+](c2ccccc2)c2ccccc2)c2ccccc2)cc1.c1ccc([PH+](C[PH+](c2ccccc2)c2ccccc2)c2ccccc2)cc1. The zero-order valence-electron chi connectivity index (χ0n) is 49.5. The molecule has 2 heterocycles. The predicted octanol–water partition coefficient (Wildman–Crippen LogP) is 17.2. The Morgan fingerprint density at radius 3 is 0.511 bits per heavy atom. The smallest absolute Gasteiger partial charge is 0.366 e. The Balaban J connectivity index is 0.000000175. The molecule has 92 heavy (non-hydrogen) atoms. The van der Waals surface area contributed by atoms with Crippen LogP contribution in [-0.4, -0.2) is 11.8 Å². The Labute approximate surface area is 618 Å². The van der Waals surface area contributed by atoms with E-state index in [1.165, 1.54) is 75.8 Å². The minimum absolute atomic E-state index is 0. The van der Waals surface area contributed by atoms with Gasteiger partial charge >= 0.3 is 89.5 Å². The first-order chi connectivity index (χ1) is 43.5. The van der Waals surface area contributed by atoms with Crippen LogP contribution in [0.1, 0.15) is 22.3 Å². The van der Waals surface area contributed by atoms with Gasteiger partial charge in [-0.25, -0.2) is 0 Å². The molecule has 14 rings (SSSR count). The van der Waals surface area contributed by atoms with Gasteiger partial charge in [0.15, 0.2) is 11.8 Å². The molecule has 0 N–H and O–H groups in total. The van der Waals surface area contributed by atoms with Gasteiger partial charge < -0.3 is 25.7 Å². The Hall–Kier alpha value is -6.00. The van der Waals surface area contributed by atoms with Crippen LogP contribution in [0.3, 0.4) is 0 Å². The van der Waals surface area contributed by atoms with Crippen LogP contribution in [0.15, 0.2) is 315 Å². The van der Waals surface area contributed by atoms with Crippen molar-refractivity contribution in [2.75, 3.05) is 11.8 Å². The molecule has 0 atom stereocenters. The molecule has 0 unspecified atom stereocenters. The summed E-state index contributed by atoms with van der Waals surface area (Å²) in [5.74, 6) is 12.1. The van der Waals surface area contributed by atoms with E-state index in [1.807, 2.05) is 72.8 Å². The second kappa shape index (κ2) is 37.8. The monoisotopic (exact) mass is 2020 g/mol. The van der Waals surface area contributed by atoms with Crippen LogP contribution in [-0.2, 0) is 89.5 Å². The fraction of sp³-hybridized carbons (Fsp3) is 0.0244. The molecule has 0 aliphatic rings. The normalized spacial score (nSPS) is 10.3. The zero-order valence-corrected chi connectivity index (χ0v) is 63.8. The molecule has 0 saturated carbocycles. The van der Waals surface area contributed by atoms with Crippen molar-refractivity contribution in [2.45, 2.75) is 0 Å². The number of thiophene rings is 2. The van der Waals surface area contributed by atoms with Crippen LogP contribution < -0.4 is 42.4 Å². The average Bonchev–Trinajstić information content (AvgIpc) is 1.76. The summed E-state index contributed by atoms with van der Waals surface area (Å²) in [7, 11) is -3.39. The van der Waals surface area contributed by atoms with E-state index in [4.69, 9.17) is 25.7 Å². The van der Waals surface area contributed by atoms with Crippen molar-refractivity contribution in [3.05, 3.63) is 363 Å². The minimum Gasteiger partial charge on any atom is -0.366 e. The molecule has 10 heteroatoms. The van der Waals surface area contributed by atoms with E-state index in [9.17, 15) is 0 Å². The van der Waals surface area contributed by atoms with Gasteiger partial charge in [0.05, 0.1) is 0 Å². The summed E-state index contributed by atoms with van der Waals surface area (Å²) >= 11 is 3.35. The van der Waals surface area contributed by atoms with Crippen molar-refractivity contribution in [1.82, 2.24) is 0 Å². The fourth-order valence-corrected chi connectivity index (χ4v) is 28.6. The zero-order chi connectivity index (χ0) is 60.3. The third-order valence-corrected chi connectivity index (χ3v) is 31.3. The molecular formula is C82H60Au4P4S2+4. The maximum absolute atomic E-state index is 7.14. The molecule has 14 aromatic rings. The third-order valence-electron chi connectivity index (χ3n) is 15.2. The summed E-state index contributed by atoms with van der Waals surface area (Å²) < 4.78 is 4.61. The molecule has 0 nitrogen and oxygen atoms in total. The summed E-state index contributed by atoms with van der Waals surface area (Å²) in [6.45, 7) is 0. The fourth-order valence-electron chi connectivity index (χ4n) is 10.8. The molecule has 0 aliphatic carbocycles. The van der Waals surface area contributed by atoms with E-state index in [2.05, 4.69) is 266 Å². The van der Waals surface area contributed by atoms with Gasteiger partial charge in [-0.2, -0.15) is 0 Å². The van der Waals surface area contributed by atoms with Gasteiger partial charge in [-0.05, 0) is 119 Å².